The van der Waals surface area contributed by atoms with Gasteiger partial charge < -0.3 is 15.2 Å². The van der Waals surface area contributed by atoms with E-state index in [1.54, 1.807) is 33.2 Å². The summed E-state index contributed by atoms with van der Waals surface area (Å²) < 4.78 is 0. The smallest absolute Gasteiger partial charge is 0.251 e. The van der Waals surface area contributed by atoms with Crippen LogP contribution >= 0.6 is 0 Å². The fourth-order valence-electron chi connectivity index (χ4n) is 1.92. The van der Waals surface area contributed by atoms with Gasteiger partial charge in [-0.15, -0.1) is 0 Å². The van der Waals surface area contributed by atoms with Crippen LogP contribution in [0.15, 0.2) is 30.5 Å². The zero-order valence-electron chi connectivity index (χ0n) is 11.2. The predicted molar refractivity (Wildman–Crippen MR) is 73.9 cm³/mol. The number of likely N-dealkylation sites (N-methyl/N-ethyl adjacent to an activating group) is 1. The Morgan fingerprint density at radius 1 is 1.26 bits per heavy atom. The summed E-state index contributed by atoms with van der Waals surface area (Å²) in [5, 5.41) is 3.67. The molecule has 1 heterocycles. The first-order valence-electron chi connectivity index (χ1n) is 6.08. The molecule has 1 unspecified atom stereocenters. The van der Waals surface area contributed by atoms with Crippen molar-refractivity contribution >= 4 is 22.7 Å². The maximum Gasteiger partial charge on any atom is 0.251 e. The van der Waals surface area contributed by atoms with Crippen LogP contribution in [0.3, 0.4) is 0 Å². The van der Waals surface area contributed by atoms with Crippen LogP contribution in [0.2, 0.25) is 0 Å². The Kier molecular flexibility index (Phi) is 3.55. The summed E-state index contributed by atoms with van der Waals surface area (Å²) in [5.41, 5.74) is 1.53. The lowest BCUT2D eigenvalue weighted by Gasteiger charge is -2.18. The van der Waals surface area contributed by atoms with E-state index in [0.29, 0.717) is 5.56 Å². The maximum absolute atomic E-state index is 12.1. The van der Waals surface area contributed by atoms with Gasteiger partial charge in [-0.3, -0.25) is 9.59 Å². The van der Waals surface area contributed by atoms with Crippen molar-refractivity contribution in [3.8, 4) is 0 Å². The number of benzene rings is 1. The summed E-state index contributed by atoms with van der Waals surface area (Å²) in [4.78, 5) is 28.3. The van der Waals surface area contributed by atoms with Gasteiger partial charge in [0.15, 0.2) is 0 Å². The van der Waals surface area contributed by atoms with Gasteiger partial charge in [-0.25, -0.2) is 0 Å². The lowest BCUT2D eigenvalue weighted by Crippen LogP contribution is -2.44. The average Bonchev–Trinajstić information content (AvgIpc) is 2.84. The number of carbonyl (C=O) groups is 2. The summed E-state index contributed by atoms with van der Waals surface area (Å²) in [7, 11) is 3.33. The van der Waals surface area contributed by atoms with E-state index < -0.39 is 6.04 Å². The normalized spacial score (nSPS) is 12.2. The van der Waals surface area contributed by atoms with E-state index in [0.717, 1.165) is 10.9 Å². The molecule has 0 spiro atoms. The van der Waals surface area contributed by atoms with Gasteiger partial charge in [-0.05, 0) is 31.2 Å². The molecule has 5 nitrogen and oxygen atoms in total. The first kappa shape index (κ1) is 13.1. The van der Waals surface area contributed by atoms with Gasteiger partial charge in [0.2, 0.25) is 5.91 Å². The molecule has 1 atom stereocenters. The summed E-state index contributed by atoms with van der Waals surface area (Å²) in [6.45, 7) is 1.68. The molecular weight excluding hydrogens is 242 g/mol. The van der Waals surface area contributed by atoms with Crippen LogP contribution in [0.25, 0.3) is 10.9 Å². The van der Waals surface area contributed by atoms with Crippen molar-refractivity contribution in [1.82, 2.24) is 15.2 Å². The summed E-state index contributed by atoms with van der Waals surface area (Å²) >= 11 is 0. The van der Waals surface area contributed by atoms with E-state index in [1.165, 1.54) is 4.90 Å². The van der Waals surface area contributed by atoms with E-state index in [1.807, 2.05) is 18.3 Å². The molecule has 100 valence electrons. The molecule has 0 bridgehead atoms. The maximum atomic E-state index is 12.1. The molecule has 2 aromatic rings. The van der Waals surface area contributed by atoms with Gasteiger partial charge in [0.05, 0.1) is 0 Å². The van der Waals surface area contributed by atoms with Crippen LogP contribution in [-0.4, -0.2) is 41.8 Å². The highest BCUT2D eigenvalue weighted by molar-refractivity contribution is 6.00. The molecule has 1 aromatic carbocycles. The number of rotatable bonds is 3. The third kappa shape index (κ3) is 2.76. The van der Waals surface area contributed by atoms with Gasteiger partial charge in [-0.2, -0.15) is 0 Å². The quantitative estimate of drug-likeness (QED) is 0.874. The summed E-state index contributed by atoms with van der Waals surface area (Å²) in [6, 6.07) is 6.75. The molecule has 2 rings (SSSR count). The largest absolute Gasteiger partial charge is 0.361 e. The van der Waals surface area contributed by atoms with Gasteiger partial charge in [0, 0.05) is 36.8 Å². The van der Waals surface area contributed by atoms with Gasteiger partial charge in [-0.1, -0.05) is 0 Å². The highest BCUT2D eigenvalue weighted by Gasteiger charge is 2.18. The Hall–Kier alpha value is -2.30. The number of aromatic nitrogens is 1. The van der Waals surface area contributed by atoms with Crippen molar-refractivity contribution < 1.29 is 9.59 Å². The minimum Gasteiger partial charge on any atom is -0.361 e. The van der Waals surface area contributed by atoms with E-state index >= 15 is 0 Å². The SMILES string of the molecule is CC(NC(=O)c1ccc2[nH]ccc2c1)C(=O)N(C)C. The van der Waals surface area contributed by atoms with Crippen molar-refractivity contribution in [2.24, 2.45) is 0 Å². The van der Waals surface area contributed by atoms with Crippen LogP contribution < -0.4 is 5.32 Å². The second-order valence-electron chi connectivity index (χ2n) is 4.71. The number of hydrogen-bond donors (Lipinski definition) is 2. The third-order valence-electron chi connectivity index (χ3n) is 2.97. The fraction of sp³-hybridized carbons (Fsp3) is 0.286. The Balaban J connectivity index is 2.13. The number of fused-ring (bicyclic) bond motifs is 1. The number of aromatic amines is 1. The zero-order chi connectivity index (χ0) is 14.0. The molecular formula is C14H17N3O2. The van der Waals surface area contributed by atoms with Crippen molar-refractivity contribution in [3.05, 3.63) is 36.0 Å². The zero-order valence-corrected chi connectivity index (χ0v) is 11.2. The number of nitrogens with one attached hydrogen (secondary N) is 2. The Bertz CT molecular complexity index is 616. The van der Waals surface area contributed by atoms with Crippen molar-refractivity contribution in [2.45, 2.75) is 13.0 Å². The lowest BCUT2D eigenvalue weighted by molar-refractivity contribution is -0.130. The summed E-state index contributed by atoms with van der Waals surface area (Å²) in [5.74, 6) is -0.373. The number of H-pyrrole nitrogens is 1. The number of hydrogen-bond acceptors (Lipinski definition) is 2. The van der Waals surface area contributed by atoms with Gasteiger partial charge in [0.1, 0.15) is 6.04 Å². The number of amides is 2. The summed E-state index contributed by atoms with van der Waals surface area (Å²) in [6.07, 6.45) is 1.82. The van der Waals surface area contributed by atoms with Crippen LogP contribution in [0.4, 0.5) is 0 Å². The highest BCUT2D eigenvalue weighted by Crippen LogP contribution is 2.14. The van der Waals surface area contributed by atoms with Crippen molar-refractivity contribution in [3.63, 3.8) is 0 Å². The molecule has 5 heteroatoms. The number of nitrogens with zero attached hydrogens (tertiary/aromatic N) is 1. The molecule has 2 N–H and O–H groups in total. The van der Waals surface area contributed by atoms with Crippen molar-refractivity contribution in [1.29, 1.82) is 0 Å². The predicted octanol–water partition coefficient (Wildman–Crippen LogP) is 1.37. The molecule has 0 radical (unpaired) electrons. The first-order chi connectivity index (χ1) is 8.99. The second-order valence-corrected chi connectivity index (χ2v) is 4.71. The van der Waals surface area contributed by atoms with Gasteiger partial charge >= 0.3 is 0 Å². The van der Waals surface area contributed by atoms with Crippen LogP contribution in [0.5, 0.6) is 0 Å². The average molecular weight is 259 g/mol. The number of carbonyl (C=O) groups excluding carboxylic acids is 2. The van der Waals surface area contributed by atoms with E-state index in [9.17, 15) is 9.59 Å². The van der Waals surface area contributed by atoms with Gasteiger partial charge in [0.25, 0.3) is 5.91 Å². The monoisotopic (exact) mass is 259 g/mol. The van der Waals surface area contributed by atoms with E-state index in [4.69, 9.17) is 0 Å². The minimum atomic E-state index is -0.538. The first-order valence-corrected chi connectivity index (χ1v) is 6.08. The molecule has 0 aliphatic carbocycles. The molecule has 0 saturated carbocycles. The van der Waals surface area contributed by atoms with Crippen LogP contribution in [0, 0.1) is 0 Å². The van der Waals surface area contributed by atoms with Crippen molar-refractivity contribution in [2.75, 3.05) is 14.1 Å². The minimum absolute atomic E-state index is 0.129. The molecule has 0 saturated heterocycles. The molecule has 2 amide bonds. The molecule has 1 aromatic heterocycles. The molecule has 0 aliphatic rings. The fourth-order valence-corrected chi connectivity index (χ4v) is 1.92. The Morgan fingerprint density at radius 2 is 2.00 bits per heavy atom. The topological polar surface area (TPSA) is 65.2 Å². The highest BCUT2D eigenvalue weighted by atomic mass is 16.2. The van der Waals surface area contributed by atoms with E-state index in [-0.39, 0.29) is 11.8 Å². The Morgan fingerprint density at radius 3 is 2.68 bits per heavy atom. The van der Waals surface area contributed by atoms with Crippen LogP contribution in [-0.2, 0) is 4.79 Å². The third-order valence-corrected chi connectivity index (χ3v) is 2.97. The van der Waals surface area contributed by atoms with E-state index in [2.05, 4.69) is 10.3 Å². The Labute approximate surface area is 111 Å². The standard InChI is InChI=1S/C14H17N3O2/c1-9(14(19)17(2)3)16-13(18)11-4-5-12-10(8-11)6-7-15-12/h4-9,15H,1-3H3,(H,16,18). The second kappa shape index (κ2) is 5.14. The molecule has 19 heavy (non-hydrogen) atoms. The molecule has 0 aliphatic heterocycles. The van der Waals surface area contributed by atoms with Crippen LogP contribution in [0.1, 0.15) is 17.3 Å². The lowest BCUT2D eigenvalue weighted by atomic mass is 10.1. The molecule has 0 fully saturated rings.